The van der Waals surface area contributed by atoms with Gasteiger partial charge in [-0.15, -0.1) is 0 Å². The second-order valence-electron chi connectivity index (χ2n) is 7.41. The summed E-state index contributed by atoms with van der Waals surface area (Å²) in [4.78, 5) is 13.2. The van der Waals surface area contributed by atoms with Gasteiger partial charge in [-0.1, -0.05) is 48.0 Å². The van der Waals surface area contributed by atoms with Crippen molar-refractivity contribution in [3.8, 4) is 6.07 Å². The van der Waals surface area contributed by atoms with E-state index in [2.05, 4.69) is 11.1 Å². The van der Waals surface area contributed by atoms with Gasteiger partial charge in [0.05, 0.1) is 23.7 Å². The zero-order chi connectivity index (χ0) is 20.4. The molecule has 1 saturated heterocycles. The second kappa shape index (κ2) is 8.14. The van der Waals surface area contributed by atoms with Crippen LogP contribution in [0.1, 0.15) is 29.5 Å². The average molecular weight is 404 g/mol. The quantitative estimate of drug-likeness (QED) is 0.599. The second-order valence-corrected chi connectivity index (χ2v) is 7.82. The number of benzene rings is 3. The summed E-state index contributed by atoms with van der Waals surface area (Å²) in [6, 6.07) is 19.7. The van der Waals surface area contributed by atoms with Crippen LogP contribution in [0.4, 0.5) is 5.69 Å². The molecule has 1 fully saturated rings. The molecule has 146 valence electrons. The number of halogens is 1. The molecule has 3 aromatic carbocycles. The fourth-order valence-corrected chi connectivity index (χ4v) is 4.23. The standard InChI is InChI=1S/C24H22ClN3O/c1-17-8-9-18(22(25)14-17)15-24(29)28-13-5-4-12-27(28)23-11-10-19(16-26)20-6-2-3-7-21(20)23/h2-3,6-11,14H,4-5,12-13,15H2,1H3. The highest BCUT2D eigenvalue weighted by Crippen LogP contribution is 2.32. The van der Waals surface area contributed by atoms with Gasteiger partial charge in [-0.2, -0.15) is 5.26 Å². The number of amides is 1. The van der Waals surface area contributed by atoms with Gasteiger partial charge in [0.1, 0.15) is 0 Å². The third-order valence-electron chi connectivity index (χ3n) is 5.42. The molecule has 1 amide bonds. The van der Waals surface area contributed by atoms with Gasteiger partial charge in [-0.25, -0.2) is 0 Å². The SMILES string of the molecule is Cc1ccc(CC(=O)N2CCCCN2c2ccc(C#N)c3ccccc23)c(Cl)c1. The van der Waals surface area contributed by atoms with Crippen LogP contribution >= 0.6 is 11.6 Å². The van der Waals surface area contributed by atoms with Crippen molar-refractivity contribution in [2.75, 3.05) is 18.1 Å². The van der Waals surface area contributed by atoms with Crippen molar-refractivity contribution in [3.05, 3.63) is 76.3 Å². The predicted octanol–water partition coefficient (Wildman–Crippen LogP) is 5.26. The Morgan fingerprint density at radius 3 is 2.59 bits per heavy atom. The van der Waals surface area contributed by atoms with E-state index in [0.29, 0.717) is 17.1 Å². The van der Waals surface area contributed by atoms with Gasteiger partial charge < -0.3 is 0 Å². The Bertz CT molecular complexity index is 1120. The first kappa shape index (κ1) is 19.3. The molecule has 0 radical (unpaired) electrons. The third kappa shape index (κ3) is 3.79. The molecular formula is C24H22ClN3O. The van der Waals surface area contributed by atoms with Gasteiger partial charge in [0.2, 0.25) is 5.91 Å². The van der Waals surface area contributed by atoms with Crippen molar-refractivity contribution in [2.45, 2.75) is 26.2 Å². The van der Waals surface area contributed by atoms with Crippen LogP contribution in [0.2, 0.25) is 5.02 Å². The lowest BCUT2D eigenvalue weighted by molar-refractivity contribution is -0.131. The number of hydrazine groups is 1. The lowest BCUT2D eigenvalue weighted by Gasteiger charge is -2.41. The van der Waals surface area contributed by atoms with E-state index in [1.165, 1.54) is 0 Å². The molecular weight excluding hydrogens is 382 g/mol. The van der Waals surface area contributed by atoms with Crippen molar-refractivity contribution < 1.29 is 4.79 Å². The van der Waals surface area contributed by atoms with E-state index in [-0.39, 0.29) is 12.3 Å². The molecule has 4 nitrogen and oxygen atoms in total. The molecule has 1 aliphatic heterocycles. The number of fused-ring (bicyclic) bond motifs is 1. The topological polar surface area (TPSA) is 47.3 Å². The van der Waals surface area contributed by atoms with Crippen LogP contribution in [-0.4, -0.2) is 24.0 Å². The van der Waals surface area contributed by atoms with Gasteiger partial charge in [0, 0.05) is 28.9 Å². The van der Waals surface area contributed by atoms with Crippen molar-refractivity contribution >= 4 is 34.0 Å². The number of rotatable bonds is 3. The van der Waals surface area contributed by atoms with E-state index in [1.54, 1.807) is 0 Å². The molecule has 0 spiro atoms. The number of nitriles is 1. The summed E-state index contributed by atoms with van der Waals surface area (Å²) in [6.07, 6.45) is 2.26. The van der Waals surface area contributed by atoms with E-state index < -0.39 is 0 Å². The van der Waals surface area contributed by atoms with Crippen LogP contribution < -0.4 is 5.01 Å². The lowest BCUT2D eigenvalue weighted by Crippen LogP contribution is -2.51. The zero-order valence-corrected chi connectivity index (χ0v) is 17.1. The highest BCUT2D eigenvalue weighted by molar-refractivity contribution is 6.31. The fraction of sp³-hybridized carbons (Fsp3) is 0.250. The number of nitrogens with zero attached hydrogens (tertiary/aromatic N) is 3. The Balaban J connectivity index is 1.69. The van der Waals surface area contributed by atoms with Crippen LogP contribution in [0.15, 0.2) is 54.6 Å². The molecule has 0 bridgehead atoms. The van der Waals surface area contributed by atoms with Crippen LogP contribution in [0.3, 0.4) is 0 Å². The Morgan fingerprint density at radius 2 is 1.83 bits per heavy atom. The minimum Gasteiger partial charge on any atom is -0.282 e. The molecule has 0 saturated carbocycles. The zero-order valence-electron chi connectivity index (χ0n) is 16.4. The summed E-state index contributed by atoms with van der Waals surface area (Å²) in [5.41, 5.74) is 3.53. The monoisotopic (exact) mass is 403 g/mol. The number of hydrogen-bond donors (Lipinski definition) is 0. The van der Waals surface area contributed by atoms with E-state index >= 15 is 0 Å². The molecule has 3 aromatic rings. The lowest BCUT2D eigenvalue weighted by atomic mass is 10.0. The normalized spacial score (nSPS) is 14.1. The Hall–Kier alpha value is -3.03. The van der Waals surface area contributed by atoms with Crippen molar-refractivity contribution in [3.63, 3.8) is 0 Å². The summed E-state index contributed by atoms with van der Waals surface area (Å²) in [5.74, 6) is 0.0314. The van der Waals surface area contributed by atoms with Crippen molar-refractivity contribution in [1.29, 1.82) is 5.26 Å². The minimum atomic E-state index is 0.0314. The van der Waals surface area contributed by atoms with E-state index in [9.17, 15) is 10.1 Å². The molecule has 0 atom stereocenters. The van der Waals surface area contributed by atoms with Gasteiger partial charge in [-0.3, -0.25) is 14.8 Å². The predicted molar refractivity (Wildman–Crippen MR) is 117 cm³/mol. The Labute approximate surface area is 175 Å². The molecule has 1 heterocycles. The first-order valence-corrected chi connectivity index (χ1v) is 10.2. The number of aryl methyl sites for hydroxylation is 1. The number of carbonyl (C=O) groups is 1. The summed E-state index contributed by atoms with van der Waals surface area (Å²) in [5, 5.41) is 15.9. The molecule has 0 unspecified atom stereocenters. The number of hydrogen-bond acceptors (Lipinski definition) is 3. The van der Waals surface area contributed by atoms with E-state index in [1.807, 2.05) is 66.5 Å². The molecule has 4 rings (SSSR count). The molecule has 29 heavy (non-hydrogen) atoms. The van der Waals surface area contributed by atoms with Gasteiger partial charge >= 0.3 is 0 Å². The first-order valence-electron chi connectivity index (χ1n) is 9.83. The summed E-state index contributed by atoms with van der Waals surface area (Å²) < 4.78 is 0. The molecule has 0 N–H and O–H groups in total. The third-order valence-corrected chi connectivity index (χ3v) is 5.77. The van der Waals surface area contributed by atoms with Gasteiger partial charge in [0.25, 0.3) is 0 Å². The largest absolute Gasteiger partial charge is 0.282 e. The highest BCUT2D eigenvalue weighted by Gasteiger charge is 2.27. The number of anilines is 1. The maximum absolute atomic E-state index is 13.2. The molecule has 0 aromatic heterocycles. The van der Waals surface area contributed by atoms with Crippen molar-refractivity contribution in [2.24, 2.45) is 0 Å². The highest BCUT2D eigenvalue weighted by atomic mass is 35.5. The maximum atomic E-state index is 13.2. The maximum Gasteiger partial charge on any atom is 0.245 e. The van der Waals surface area contributed by atoms with Crippen molar-refractivity contribution in [1.82, 2.24) is 5.01 Å². The molecule has 1 aliphatic rings. The summed E-state index contributed by atoms with van der Waals surface area (Å²) in [6.45, 7) is 3.43. The number of carbonyl (C=O) groups excluding carboxylic acids is 1. The molecule has 0 aliphatic carbocycles. The summed E-state index contributed by atoms with van der Waals surface area (Å²) in [7, 11) is 0. The smallest absolute Gasteiger partial charge is 0.245 e. The average Bonchev–Trinajstić information content (AvgIpc) is 2.75. The van der Waals surface area contributed by atoms with Gasteiger partial charge in [0.15, 0.2) is 0 Å². The summed E-state index contributed by atoms with van der Waals surface area (Å²) >= 11 is 6.36. The minimum absolute atomic E-state index is 0.0314. The van der Waals surface area contributed by atoms with Crippen LogP contribution in [-0.2, 0) is 11.2 Å². The van der Waals surface area contributed by atoms with Crippen LogP contribution in [0, 0.1) is 18.3 Å². The molecule has 5 heteroatoms. The Kier molecular flexibility index (Phi) is 5.42. The fourth-order valence-electron chi connectivity index (χ4n) is 3.93. The van der Waals surface area contributed by atoms with Crippen LogP contribution in [0.25, 0.3) is 10.8 Å². The first-order chi connectivity index (χ1) is 14.1. The Morgan fingerprint density at radius 1 is 1.07 bits per heavy atom. The van der Waals surface area contributed by atoms with E-state index in [4.69, 9.17) is 11.6 Å². The van der Waals surface area contributed by atoms with Crippen LogP contribution in [0.5, 0.6) is 0 Å². The van der Waals surface area contributed by atoms with Gasteiger partial charge in [-0.05, 0) is 49.1 Å². The van der Waals surface area contributed by atoms with E-state index in [0.717, 1.165) is 47.0 Å².